The topological polar surface area (TPSA) is 47.0 Å². The quantitative estimate of drug-likeness (QED) is 0.801. The van der Waals surface area contributed by atoms with Crippen LogP contribution < -0.4 is 10.1 Å². The Labute approximate surface area is 130 Å². The molecule has 4 nitrogen and oxygen atoms in total. The molecule has 118 valence electrons. The van der Waals surface area contributed by atoms with Crippen LogP contribution in [0.25, 0.3) is 0 Å². The maximum atomic E-state index is 13.6. The Bertz CT molecular complexity index is 604. The number of aromatic nitrogens is 2. The third kappa shape index (κ3) is 4.69. The van der Waals surface area contributed by atoms with Gasteiger partial charge in [0.05, 0.1) is 6.61 Å². The Morgan fingerprint density at radius 1 is 1.14 bits per heavy atom. The number of hydrogen-bond acceptors (Lipinski definition) is 4. The molecule has 1 heterocycles. The molecule has 0 atom stereocenters. The third-order valence-electron chi connectivity index (χ3n) is 3.09. The van der Waals surface area contributed by atoms with E-state index in [2.05, 4.69) is 22.2 Å². The van der Waals surface area contributed by atoms with Gasteiger partial charge in [0.25, 0.3) is 0 Å². The molecule has 0 radical (unpaired) electrons. The zero-order chi connectivity index (χ0) is 15.8. The molecule has 0 aliphatic heterocycles. The number of halogens is 1. The van der Waals surface area contributed by atoms with Gasteiger partial charge in [-0.2, -0.15) is 4.98 Å². The van der Waals surface area contributed by atoms with Gasteiger partial charge in [-0.3, -0.25) is 0 Å². The molecule has 5 heteroatoms. The Balaban J connectivity index is 2.11. The SMILES string of the molecule is CCCOc1cc(NCc2ccccc2F)nc(CCC)n1. The van der Waals surface area contributed by atoms with Crippen molar-refractivity contribution in [1.82, 2.24) is 9.97 Å². The fourth-order valence-corrected chi connectivity index (χ4v) is 2.01. The highest BCUT2D eigenvalue weighted by molar-refractivity contribution is 5.39. The predicted molar refractivity (Wildman–Crippen MR) is 85.5 cm³/mol. The van der Waals surface area contributed by atoms with Gasteiger partial charge in [-0.05, 0) is 18.9 Å². The van der Waals surface area contributed by atoms with E-state index in [0.717, 1.165) is 25.1 Å². The van der Waals surface area contributed by atoms with Crippen molar-refractivity contribution in [1.29, 1.82) is 0 Å². The van der Waals surface area contributed by atoms with Crippen molar-refractivity contribution in [2.24, 2.45) is 0 Å². The van der Waals surface area contributed by atoms with Crippen LogP contribution in [-0.2, 0) is 13.0 Å². The third-order valence-corrected chi connectivity index (χ3v) is 3.09. The molecule has 0 amide bonds. The van der Waals surface area contributed by atoms with E-state index in [1.165, 1.54) is 6.07 Å². The van der Waals surface area contributed by atoms with Crippen molar-refractivity contribution in [3.63, 3.8) is 0 Å². The van der Waals surface area contributed by atoms with E-state index in [0.29, 0.717) is 30.4 Å². The first kappa shape index (κ1) is 16.2. The number of nitrogens with zero attached hydrogens (tertiary/aromatic N) is 2. The Morgan fingerprint density at radius 2 is 1.95 bits per heavy atom. The van der Waals surface area contributed by atoms with E-state index in [1.807, 2.05) is 13.0 Å². The molecule has 0 saturated heterocycles. The number of aryl methyl sites for hydroxylation is 1. The van der Waals surface area contributed by atoms with Gasteiger partial charge in [-0.25, -0.2) is 9.37 Å². The maximum Gasteiger partial charge on any atom is 0.218 e. The van der Waals surface area contributed by atoms with Crippen LogP contribution >= 0.6 is 0 Å². The number of ether oxygens (including phenoxy) is 1. The van der Waals surface area contributed by atoms with Crippen molar-refractivity contribution in [2.45, 2.75) is 39.7 Å². The molecule has 2 aromatic rings. The number of nitrogens with one attached hydrogen (secondary N) is 1. The minimum absolute atomic E-state index is 0.222. The first-order valence-corrected chi connectivity index (χ1v) is 7.71. The average Bonchev–Trinajstić information content (AvgIpc) is 2.52. The largest absolute Gasteiger partial charge is 0.478 e. The summed E-state index contributed by atoms with van der Waals surface area (Å²) in [4.78, 5) is 8.84. The minimum Gasteiger partial charge on any atom is -0.478 e. The molecular formula is C17H22FN3O. The average molecular weight is 303 g/mol. The number of benzene rings is 1. The standard InChI is InChI=1S/C17H22FN3O/c1-3-7-15-20-16(11-17(21-15)22-10-4-2)19-12-13-8-5-6-9-14(13)18/h5-6,8-9,11H,3-4,7,10,12H2,1-2H3,(H,19,20,21). The van der Waals surface area contributed by atoms with E-state index >= 15 is 0 Å². The number of rotatable bonds is 8. The van der Waals surface area contributed by atoms with Gasteiger partial charge in [-0.1, -0.05) is 32.0 Å². The van der Waals surface area contributed by atoms with Gasteiger partial charge in [-0.15, -0.1) is 0 Å². The Hall–Kier alpha value is -2.17. The molecule has 1 aromatic heterocycles. The van der Waals surface area contributed by atoms with E-state index in [9.17, 15) is 4.39 Å². The molecule has 22 heavy (non-hydrogen) atoms. The second kappa shape index (κ2) is 8.32. The minimum atomic E-state index is -0.222. The van der Waals surface area contributed by atoms with Crippen LogP contribution in [0.1, 0.15) is 38.1 Å². The zero-order valence-electron chi connectivity index (χ0n) is 13.1. The molecular weight excluding hydrogens is 281 g/mol. The second-order valence-electron chi connectivity index (χ2n) is 5.05. The van der Waals surface area contributed by atoms with E-state index in [4.69, 9.17) is 4.74 Å². The summed E-state index contributed by atoms with van der Waals surface area (Å²) in [5.74, 6) is 1.75. The Morgan fingerprint density at radius 3 is 2.68 bits per heavy atom. The lowest BCUT2D eigenvalue weighted by molar-refractivity contribution is 0.303. The summed E-state index contributed by atoms with van der Waals surface area (Å²) in [6, 6.07) is 8.47. The van der Waals surface area contributed by atoms with Crippen LogP contribution in [0.15, 0.2) is 30.3 Å². The van der Waals surface area contributed by atoms with Crippen LogP contribution in [0.3, 0.4) is 0 Å². The van der Waals surface area contributed by atoms with Gasteiger partial charge in [0, 0.05) is 24.6 Å². The van der Waals surface area contributed by atoms with E-state index in [-0.39, 0.29) is 5.82 Å². The van der Waals surface area contributed by atoms with Crippen molar-refractivity contribution >= 4 is 5.82 Å². The number of hydrogen-bond donors (Lipinski definition) is 1. The predicted octanol–water partition coefficient (Wildman–Crippen LogP) is 3.97. The van der Waals surface area contributed by atoms with Crippen molar-refractivity contribution in [2.75, 3.05) is 11.9 Å². The van der Waals surface area contributed by atoms with Crippen LogP contribution in [-0.4, -0.2) is 16.6 Å². The molecule has 2 rings (SSSR count). The summed E-state index contributed by atoms with van der Waals surface area (Å²) < 4.78 is 19.2. The van der Waals surface area contributed by atoms with Gasteiger partial charge in [0.2, 0.25) is 5.88 Å². The van der Waals surface area contributed by atoms with Crippen LogP contribution in [0.5, 0.6) is 5.88 Å². The van der Waals surface area contributed by atoms with Crippen molar-refractivity contribution < 1.29 is 9.13 Å². The summed E-state index contributed by atoms with van der Waals surface area (Å²) in [7, 11) is 0. The molecule has 0 aliphatic rings. The van der Waals surface area contributed by atoms with Gasteiger partial charge in [0.15, 0.2) is 0 Å². The molecule has 0 bridgehead atoms. The molecule has 1 N–H and O–H groups in total. The highest BCUT2D eigenvalue weighted by Gasteiger charge is 2.06. The number of anilines is 1. The van der Waals surface area contributed by atoms with Crippen LogP contribution in [0.2, 0.25) is 0 Å². The first-order valence-electron chi connectivity index (χ1n) is 7.71. The maximum absolute atomic E-state index is 13.6. The Kier molecular flexibility index (Phi) is 6.13. The summed E-state index contributed by atoms with van der Waals surface area (Å²) in [5, 5.41) is 3.15. The van der Waals surface area contributed by atoms with Crippen LogP contribution in [0, 0.1) is 5.82 Å². The highest BCUT2D eigenvalue weighted by Crippen LogP contribution is 2.16. The van der Waals surface area contributed by atoms with E-state index in [1.54, 1.807) is 18.2 Å². The van der Waals surface area contributed by atoms with Crippen molar-refractivity contribution in [3.05, 3.63) is 47.5 Å². The fraction of sp³-hybridized carbons (Fsp3) is 0.412. The molecule has 0 saturated carbocycles. The molecule has 0 spiro atoms. The van der Waals surface area contributed by atoms with Crippen LogP contribution in [0.4, 0.5) is 10.2 Å². The monoisotopic (exact) mass is 303 g/mol. The molecule has 0 unspecified atom stereocenters. The summed E-state index contributed by atoms with van der Waals surface area (Å²) >= 11 is 0. The lowest BCUT2D eigenvalue weighted by Crippen LogP contribution is -2.08. The lowest BCUT2D eigenvalue weighted by Gasteiger charge is -2.11. The first-order chi connectivity index (χ1) is 10.7. The van der Waals surface area contributed by atoms with Gasteiger partial charge in [0.1, 0.15) is 17.5 Å². The van der Waals surface area contributed by atoms with Gasteiger partial charge < -0.3 is 10.1 Å². The smallest absolute Gasteiger partial charge is 0.218 e. The fourth-order valence-electron chi connectivity index (χ4n) is 2.01. The van der Waals surface area contributed by atoms with Crippen molar-refractivity contribution in [3.8, 4) is 5.88 Å². The summed E-state index contributed by atoms with van der Waals surface area (Å²) in [6.45, 7) is 5.12. The molecule has 1 aromatic carbocycles. The van der Waals surface area contributed by atoms with E-state index < -0.39 is 0 Å². The lowest BCUT2D eigenvalue weighted by atomic mass is 10.2. The summed E-state index contributed by atoms with van der Waals surface area (Å²) in [6.07, 6.45) is 2.67. The molecule has 0 fully saturated rings. The molecule has 0 aliphatic carbocycles. The second-order valence-corrected chi connectivity index (χ2v) is 5.05. The zero-order valence-corrected chi connectivity index (χ0v) is 13.1. The summed E-state index contributed by atoms with van der Waals surface area (Å²) in [5.41, 5.74) is 0.606. The highest BCUT2D eigenvalue weighted by atomic mass is 19.1. The normalized spacial score (nSPS) is 10.5. The van der Waals surface area contributed by atoms with Gasteiger partial charge >= 0.3 is 0 Å².